The van der Waals surface area contributed by atoms with Crippen molar-refractivity contribution in [3.05, 3.63) is 155 Å². The van der Waals surface area contributed by atoms with E-state index in [-0.39, 0.29) is 16.1 Å². The number of benzene rings is 1. The van der Waals surface area contributed by atoms with Crippen molar-refractivity contribution in [2.75, 3.05) is 0 Å². The molecular weight excluding hydrogens is 536 g/mol. The predicted octanol–water partition coefficient (Wildman–Crippen LogP) is 8.08. The van der Waals surface area contributed by atoms with Crippen LogP contribution in [-0.2, 0) is 9.47 Å². The van der Waals surface area contributed by atoms with Crippen molar-refractivity contribution in [3.8, 4) is 0 Å². The highest BCUT2D eigenvalue weighted by Gasteiger charge is 2.17. The van der Waals surface area contributed by atoms with Crippen LogP contribution in [0, 0.1) is 0 Å². The van der Waals surface area contributed by atoms with Crippen LogP contribution in [0.5, 0.6) is 0 Å². The van der Waals surface area contributed by atoms with Gasteiger partial charge in [0.2, 0.25) is 0 Å². The molecule has 3 aromatic rings. The number of hydrogen-bond donors (Lipinski definition) is 0. The summed E-state index contributed by atoms with van der Waals surface area (Å²) in [4.78, 5) is 34.9. The molecule has 0 radical (unpaired) electrons. The zero-order valence-electron chi connectivity index (χ0n) is 22.2. The number of allylic oxidation sites excluding steroid dienone is 11. The third-order valence-electron chi connectivity index (χ3n) is 6.33. The summed E-state index contributed by atoms with van der Waals surface area (Å²) in [6.45, 7) is 0. The van der Waals surface area contributed by atoms with Crippen LogP contribution in [0.3, 0.4) is 0 Å². The molecule has 0 N–H and O–H groups in total. The van der Waals surface area contributed by atoms with Gasteiger partial charge in [0.05, 0.1) is 22.5 Å². The first kappa shape index (κ1) is 27.7. The van der Waals surface area contributed by atoms with Crippen LogP contribution in [-0.4, -0.2) is 21.9 Å². The third kappa shape index (κ3) is 7.65. The summed E-state index contributed by atoms with van der Waals surface area (Å²) < 4.78 is 11.4. The van der Waals surface area contributed by atoms with E-state index in [4.69, 9.17) is 21.1 Å². The molecule has 5 rings (SSSR count). The van der Waals surface area contributed by atoms with Crippen molar-refractivity contribution in [1.82, 2.24) is 9.97 Å². The number of esters is 2. The van der Waals surface area contributed by atoms with Crippen molar-refractivity contribution >= 4 is 34.7 Å². The summed E-state index contributed by atoms with van der Waals surface area (Å²) in [7, 11) is 0. The van der Waals surface area contributed by atoms with Crippen LogP contribution in [0.2, 0.25) is 5.02 Å². The highest BCUT2D eigenvalue weighted by atomic mass is 35.5. The van der Waals surface area contributed by atoms with Crippen LogP contribution in [0.15, 0.2) is 127 Å². The van der Waals surface area contributed by atoms with Crippen molar-refractivity contribution < 1.29 is 19.1 Å². The molecule has 204 valence electrons. The van der Waals surface area contributed by atoms with Crippen molar-refractivity contribution in [2.24, 2.45) is 0 Å². The van der Waals surface area contributed by atoms with Gasteiger partial charge in [-0.3, -0.25) is 9.97 Å². The van der Waals surface area contributed by atoms with Gasteiger partial charge in [0.15, 0.2) is 0 Å². The molecule has 0 atom stereocenters. The Balaban J connectivity index is 1.29. The Morgan fingerprint density at radius 2 is 1.39 bits per heavy atom. The second-order valence-corrected chi connectivity index (χ2v) is 9.75. The maximum Gasteiger partial charge on any atom is 0.343 e. The van der Waals surface area contributed by atoms with E-state index in [1.807, 2.05) is 66.8 Å². The van der Waals surface area contributed by atoms with E-state index in [9.17, 15) is 9.59 Å². The van der Waals surface area contributed by atoms with E-state index in [1.54, 1.807) is 24.5 Å². The summed E-state index contributed by atoms with van der Waals surface area (Å²) >= 11 is 6.29. The minimum atomic E-state index is -0.625. The molecule has 2 aromatic heterocycles. The molecule has 41 heavy (non-hydrogen) atoms. The number of hydrogen-bond acceptors (Lipinski definition) is 6. The van der Waals surface area contributed by atoms with Crippen LogP contribution >= 0.6 is 11.6 Å². The Bertz CT molecular complexity index is 1620. The first-order valence-electron chi connectivity index (χ1n) is 13.3. The van der Waals surface area contributed by atoms with Crippen LogP contribution in [0.1, 0.15) is 57.8 Å². The van der Waals surface area contributed by atoms with Gasteiger partial charge < -0.3 is 9.47 Å². The smallest absolute Gasteiger partial charge is 0.343 e. The zero-order valence-corrected chi connectivity index (χ0v) is 23.0. The number of ether oxygens (including phenoxy) is 2. The van der Waals surface area contributed by atoms with Gasteiger partial charge >= 0.3 is 11.9 Å². The lowest BCUT2D eigenvalue weighted by Crippen LogP contribution is -2.09. The zero-order chi connectivity index (χ0) is 28.4. The highest BCUT2D eigenvalue weighted by Crippen LogP contribution is 2.24. The molecule has 1 aromatic carbocycles. The lowest BCUT2D eigenvalue weighted by atomic mass is 10.1. The number of carbonyl (C=O) groups excluding carboxylic acids is 2. The van der Waals surface area contributed by atoms with Gasteiger partial charge in [-0.25, -0.2) is 9.59 Å². The Morgan fingerprint density at radius 3 is 2.10 bits per heavy atom. The molecule has 0 fully saturated rings. The number of carbonyl (C=O) groups is 2. The Morgan fingerprint density at radius 1 is 0.707 bits per heavy atom. The fourth-order valence-corrected chi connectivity index (χ4v) is 4.52. The normalized spacial score (nSPS) is 19.0. The highest BCUT2D eigenvalue weighted by molar-refractivity contribution is 6.31. The summed E-state index contributed by atoms with van der Waals surface area (Å²) in [5.74, 6) is -0.331. The minimum Gasteiger partial charge on any atom is -0.427 e. The predicted molar refractivity (Wildman–Crippen MR) is 160 cm³/mol. The van der Waals surface area contributed by atoms with Crippen LogP contribution in [0.4, 0.5) is 0 Å². The van der Waals surface area contributed by atoms with Crippen LogP contribution < -0.4 is 0 Å². The van der Waals surface area contributed by atoms with Crippen molar-refractivity contribution in [3.63, 3.8) is 0 Å². The first-order valence-corrected chi connectivity index (χ1v) is 13.7. The van der Waals surface area contributed by atoms with Crippen molar-refractivity contribution in [2.45, 2.75) is 25.7 Å². The number of rotatable bonds is 6. The lowest BCUT2D eigenvalue weighted by Gasteiger charge is -2.12. The van der Waals surface area contributed by atoms with E-state index in [0.717, 1.165) is 29.0 Å². The summed E-state index contributed by atoms with van der Waals surface area (Å²) in [5.41, 5.74) is 3.82. The van der Waals surface area contributed by atoms with E-state index in [0.29, 0.717) is 30.8 Å². The summed E-state index contributed by atoms with van der Waals surface area (Å²) in [5, 5.41) is 0.223. The van der Waals surface area contributed by atoms with E-state index in [1.165, 1.54) is 18.2 Å². The molecule has 0 amide bonds. The SMILES string of the molecule is O=C(OC1=CCC/C=C(\c2ccccn2)C=C1)c1cc(Cl)cc(C(=O)O/C2=C/C=C(/c3ccccn3)C=CCC2)c1. The first-order chi connectivity index (χ1) is 20.0. The molecule has 0 unspecified atom stereocenters. The second-order valence-electron chi connectivity index (χ2n) is 9.31. The third-order valence-corrected chi connectivity index (χ3v) is 6.55. The monoisotopic (exact) mass is 562 g/mol. The maximum atomic E-state index is 13.1. The van der Waals surface area contributed by atoms with Gasteiger partial charge in [-0.1, -0.05) is 42.0 Å². The molecule has 0 saturated carbocycles. The number of aromatic nitrogens is 2. The molecule has 2 aliphatic carbocycles. The summed E-state index contributed by atoms with van der Waals surface area (Å²) in [6.07, 6.45) is 21.4. The average Bonchev–Trinajstić information content (AvgIpc) is 2.96. The largest absolute Gasteiger partial charge is 0.427 e. The Hall–Kier alpha value is -4.81. The fourth-order valence-electron chi connectivity index (χ4n) is 4.29. The Kier molecular flexibility index (Phi) is 9.14. The van der Waals surface area contributed by atoms with Gasteiger partial charge in [0, 0.05) is 23.8 Å². The van der Waals surface area contributed by atoms with Crippen LogP contribution in [0.25, 0.3) is 11.1 Å². The molecule has 0 aliphatic heterocycles. The molecule has 2 aliphatic rings. The topological polar surface area (TPSA) is 78.4 Å². The van der Waals surface area contributed by atoms with E-state index in [2.05, 4.69) is 16.0 Å². The lowest BCUT2D eigenvalue weighted by molar-refractivity contribution is 0.0614. The maximum absolute atomic E-state index is 13.1. The van der Waals surface area contributed by atoms with Gasteiger partial charge in [0.1, 0.15) is 11.5 Å². The van der Waals surface area contributed by atoms with Gasteiger partial charge in [0.25, 0.3) is 0 Å². The minimum absolute atomic E-state index is 0.146. The summed E-state index contributed by atoms with van der Waals surface area (Å²) in [6, 6.07) is 15.8. The molecule has 7 heteroatoms. The molecular formula is C34H27ClN2O4. The number of nitrogens with zero attached hydrogens (tertiary/aromatic N) is 2. The van der Waals surface area contributed by atoms with Crippen molar-refractivity contribution in [1.29, 1.82) is 0 Å². The van der Waals surface area contributed by atoms with Gasteiger partial charge in [-0.15, -0.1) is 0 Å². The molecule has 0 bridgehead atoms. The molecule has 0 saturated heterocycles. The quantitative estimate of drug-likeness (QED) is 0.283. The Labute approximate surface area is 243 Å². The molecule has 6 nitrogen and oxygen atoms in total. The molecule has 0 spiro atoms. The van der Waals surface area contributed by atoms with Gasteiger partial charge in [-0.05, 0) is 103 Å². The molecule has 2 heterocycles. The van der Waals surface area contributed by atoms with E-state index < -0.39 is 11.9 Å². The number of pyridine rings is 2. The standard InChI is InChI=1S/C34H27ClN2O4/c35-28-22-26(33(38)40-29-11-3-1-9-24(15-17-29)31-13-5-7-19-36-31)21-27(23-28)34(39)41-30-12-4-2-10-25(16-18-30)32-14-6-8-20-37-32/h1,5-10,12-23H,2-4,11H2/b9-1?,18-16?,24-15+,25-10-,29-17+,30-12?. The number of halogens is 1. The van der Waals surface area contributed by atoms with E-state index >= 15 is 0 Å². The average molecular weight is 563 g/mol. The van der Waals surface area contributed by atoms with Gasteiger partial charge in [-0.2, -0.15) is 0 Å². The fraction of sp³-hybridized carbons (Fsp3) is 0.118. The second kappa shape index (κ2) is 13.5.